The minimum atomic E-state index is -0.0352. The van der Waals surface area contributed by atoms with Gasteiger partial charge in [0.25, 0.3) is 0 Å². The lowest BCUT2D eigenvalue weighted by atomic mass is 9.50. The number of hydrogen-bond donors (Lipinski definition) is 0. The molecule has 0 aromatic carbocycles. The Labute approximate surface area is 119 Å². The van der Waals surface area contributed by atoms with Gasteiger partial charge in [-0.25, -0.2) is 0 Å². The third-order valence-electron chi connectivity index (χ3n) is 7.19. The summed E-state index contributed by atoms with van der Waals surface area (Å²) in [5.74, 6) is 1.23. The molecule has 7 atom stereocenters. The van der Waals surface area contributed by atoms with Gasteiger partial charge in [0.05, 0.1) is 11.7 Å². The summed E-state index contributed by atoms with van der Waals surface area (Å²) in [5, 5.41) is 0. The first-order valence-corrected chi connectivity index (χ1v) is 8.02. The van der Waals surface area contributed by atoms with E-state index in [0.717, 1.165) is 12.3 Å². The van der Waals surface area contributed by atoms with Crippen LogP contribution in [0.2, 0.25) is 0 Å². The third kappa shape index (κ3) is 1.13. The summed E-state index contributed by atoms with van der Waals surface area (Å²) < 4.78 is 12.1. The monoisotopic (exact) mass is 274 g/mol. The van der Waals surface area contributed by atoms with E-state index < -0.39 is 0 Å². The molecule has 3 nitrogen and oxygen atoms in total. The molecule has 3 aliphatic carbocycles. The Morgan fingerprint density at radius 3 is 3.00 bits per heavy atom. The molecular formula is C17H22O3. The van der Waals surface area contributed by atoms with Crippen molar-refractivity contribution in [2.45, 2.75) is 63.8 Å². The van der Waals surface area contributed by atoms with Crippen LogP contribution in [-0.4, -0.2) is 23.8 Å². The number of ether oxygens (including phenoxy) is 2. The molecule has 108 valence electrons. The van der Waals surface area contributed by atoms with Crippen molar-refractivity contribution in [2.24, 2.45) is 22.7 Å². The smallest absolute Gasteiger partial charge is 0.306 e. The van der Waals surface area contributed by atoms with E-state index in [2.05, 4.69) is 26.0 Å². The second-order valence-electron chi connectivity index (χ2n) is 8.27. The zero-order valence-electron chi connectivity index (χ0n) is 12.2. The highest BCUT2D eigenvalue weighted by Gasteiger charge is 2.72. The van der Waals surface area contributed by atoms with Crippen LogP contribution in [0.5, 0.6) is 0 Å². The topological polar surface area (TPSA) is 35.5 Å². The van der Waals surface area contributed by atoms with Crippen LogP contribution in [0, 0.1) is 22.7 Å². The first kappa shape index (κ1) is 11.8. The van der Waals surface area contributed by atoms with Crippen molar-refractivity contribution in [2.75, 3.05) is 0 Å². The number of rotatable bonds is 0. The lowest BCUT2D eigenvalue weighted by molar-refractivity contribution is -0.203. The minimum Gasteiger partial charge on any atom is -0.458 e. The highest BCUT2D eigenvalue weighted by molar-refractivity contribution is 5.71. The summed E-state index contributed by atoms with van der Waals surface area (Å²) in [6, 6.07) is 0. The summed E-state index contributed by atoms with van der Waals surface area (Å²) in [7, 11) is 0. The van der Waals surface area contributed by atoms with Crippen LogP contribution in [0.1, 0.15) is 46.0 Å². The van der Waals surface area contributed by atoms with Crippen LogP contribution < -0.4 is 0 Å². The summed E-state index contributed by atoms with van der Waals surface area (Å²) in [6.45, 7) is 4.64. The van der Waals surface area contributed by atoms with E-state index in [-0.39, 0.29) is 23.1 Å². The van der Waals surface area contributed by atoms with Gasteiger partial charge in [-0.2, -0.15) is 0 Å². The van der Waals surface area contributed by atoms with Crippen LogP contribution >= 0.6 is 0 Å². The van der Waals surface area contributed by atoms with E-state index in [9.17, 15) is 4.79 Å². The van der Waals surface area contributed by atoms with E-state index in [4.69, 9.17) is 9.47 Å². The van der Waals surface area contributed by atoms with Crippen LogP contribution in [0.3, 0.4) is 0 Å². The highest BCUT2D eigenvalue weighted by Crippen LogP contribution is 2.72. The number of fused-ring (bicyclic) bond motifs is 1. The molecule has 0 amide bonds. The molecule has 0 aromatic rings. The normalized spacial score (nSPS) is 62.2. The number of carbonyl (C=O) groups is 1. The molecular weight excluding hydrogens is 252 g/mol. The molecule has 1 spiro atoms. The molecule has 4 bridgehead atoms. The van der Waals surface area contributed by atoms with Crippen LogP contribution in [0.15, 0.2) is 12.2 Å². The second-order valence-corrected chi connectivity index (χ2v) is 8.27. The highest BCUT2D eigenvalue weighted by atomic mass is 16.5. The van der Waals surface area contributed by atoms with E-state index in [0.29, 0.717) is 23.9 Å². The number of allylic oxidation sites excluding steroid dienone is 1. The fourth-order valence-electron chi connectivity index (χ4n) is 6.53. The Morgan fingerprint density at radius 1 is 1.35 bits per heavy atom. The number of carbonyl (C=O) groups excluding carboxylic acids is 1. The van der Waals surface area contributed by atoms with Crippen LogP contribution in [-0.2, 0) is 14.3 Å². The van der Waals surface area contributed by atoms with Gasteiger partial charge in [0.2, 0.25) is 0 Å². The minimum absolute atomic E-state index is 0.0347. The van der Waals surface area contributed by atoms with Crippen molar-refractivity contribution < 1.29 is 14.3 Å². The number of esters is 1. The Balaban J connectivity index is 1.64. The maximum absolute atomic E-state index is 11.6. The van der Waals surface area contributed by atoms with Crippen molar-refractivity contribution in [3.63, 3.8) is 0 Å². The molecule has 3 heterocycles. The SMILES string of the molecule is C[C@@]12CCC(=O)O[C@H]1C=C[C@]13C[C@H]4C[C@H](O[C@@]4(C)C1)[C@H]32. The van der Waals surface area contributed by atoms with Crippen molar-refractivity contribution in [1.82, 2.24) is 0 Å². The van der Waals surface area contributed by atoms with Gasteiger partial charge < -0.3 is 9.47 Å². The summed E-state index contributed by atoms with van der Waals surface area (Å²) in [4.78, 5) is 11.6. The van der Waals surface area contributed by atoms with E-state index >= 15 is 0 Å². The van der Waals surface area contributed by atoms with Gasteiger partial charge >= 0.3 is 5.97 Å². The molecule has 0 radical (unpaired) electrons. The first-order chi connectivity index (χ1) is 9.45. The van der Waals surface area contributed by atoms with E-state index in [1.54, 1.807) is 0 Å². The molecule has 3 saturated heterocycles. The van der Waals surface area contributed by atoms with Crippen LogP contribution in [0.25, 0.3) is 0 Å². The van der Waals surface area contributed by atoms with Crippen molar-refractivity contribution in [3.8, 4) is 0 Å². The quantitative estimate of drug-likeness (QED) is 0.503. The van der Waals surface area contributed by atoms with Gasteiger partial charge in [-0.15, -0.1) is 0 Å². The largest absolute Gasteiger partial charge is 0.458 e. The number of hydrogen-bond acceptors (Lipinski definition) is 3. The molecule has 3 heteroatoms. The zero-order chi connectivity index (χ0) is 13.8. The van der Waals surface area contributed by atoms with Gasteiger partial charge in [-0.3, -0.25) is 4.79 Å². The molecule has 2 saturated carbocycles. The van der Waals surface area contributed by atoms with Gasteiger partial charge in [0.15, 0.2) is 0 Å². The molecule has 6 rings (SSSR count). The predicted octanol–water partition coefficient (Wildman–Crippen LogP) is 2.84. The fraction of sp³-hybridized carbons (Fsp3) is 0.824. The van der Waals surface area contributed by atoms with Gasteiger partial charge in [0, 0.05) is 17.8 Å². The second kappa shape index (κ2) is 3.16. The standard InChI is InChI=1S/C17H22O3/c1-15-5-4-13(18)19-12(15)3-6-17-8-10-7-11(14(15)17)20-16(10,2)9-17/h3,6,10-12,14H,4-5,7-9H2,1-2H3/t10-,11+,12+,14+,15-,16+,17+/m1/s1. The molecule has 20 heavy (non-hydrogen) atoms. The van der Waals surface area contributed by atoms with Gasteiger partial charge in [-0.1, -0.05) is 13.0 Å². The lowest BCUT2D eigenvalue weighted by Crippen LogP contribution is -2.59. The molecule has 3 aliphatic heterocycles. The average Bonchev–Trinajstić information content (AvgIpc) is 2.73. The van der Waals surface area contributed by atoms with Crippen molar-refractivity contribution in [3.05, 3.63) is 12.2 Å². The lowest BCUT2D eigenvalue weighted by Gasteiger charge is -2.59. The molecule has 6 aliphatic rings. The van der Waals surface area contributed by atoms with Gasteiger partial charge in [-0.05, 0) is 50.0 Å². The Hall–Kier alpha value is -0.830. The Morgan fingerprint density at radius 2 is 2.20 bits per heavy atom. The third-order valence-corrected chi connectivity index (χ3v) is 7.19. The Bertz CT molecular complexity index is 540. The molecule has 0 N–H and O–H groups in total. The average molecular weight is 274 g/mol. The molecule has 0 unspecified atom stereocenters. The Kier molecular flexibility index (Phi) is 1.86. The van der Waals surface area contributed by atoms with E-state index in [1.165, 1.54) is 19.3 Å². The maximum atomic E-state index is 11.6. The summed E-state index contributed by atoms with van der Waals surface area (Å²) in [6.07, 6.45) is 10.1. The summed E-state index contributed by atoms with van der Waals surface area (Å²) >= 11 is 0. The van der Waals surface area contributed by atoms with Gasteiger partial charge in [0.1, 0.15) is 6.10 Å². The van der Waals surface area contributed by atoms with Crippen LogP contribution in [0.4, 0.5) is 0 Å². The molecule has 0 aromatic heterocycles. The maximum Gasteiger partial charge on any atom is 0.306 e. The first-order valence-electron chi connectivity index (χ1n) is 8.02. The zero-order valence-corrected chi connectivity index (χ0v) is 12.2. The summed E-state index contributed by atoms with van der Waals surface area (Å²) in [5.41, 5.74) is 0.500. The molecule has 5 fully saturated rings. The fourth-order valence-corrected chi connectivity index (χ4v) is 6.53. The predicted molar refractivity (Wildman–Crippen MR) is 72.9 cm³/mol. The van der Waals surface area contributed by atoms with Crippen molar-refractivity contribution in [1.29, 1.82) is 0 Å². The van der Waals surface area contributed by atoms with E-state index in [1.807, 2.05) is 0 Å². The van der Waals surface area contributed by atoms with Crippen molar-refractivity contribution >= 4 is 5.97 Å².